The first-order chi connectivity index (χ1) is 57.0. The number of para-hydroxylation sites is 1. The Morgan fingerprint density at radius 1 is 0.567 bits per heavy atom. The molecule has 5 aliphatic rings. The van der Waals surface area contributed by atoms with Crippen molar-refractivity contribution in [2.45, 2.75) is 206 Å². The number of H-pyrrole nitrogens is 2. The normalized spacial score (nSPS) is 23.9. The average molecular weight is 1700 g/mol. The van der Waals surface area contributed by atoms with Gasteiger partial charge in [-0.3, -0.25) is 86.7 Å². The molecule has 4 saturated carbocycles. The summed E-state index contributed by atoms with van der Waals surface area (Å²) in [5.41, 5.74) is 13.4. The van der Waals surface area contributed by atoms with E-state index in [4.69, 9.17) is 11.5 Å². The SMILES string of the molecule is CSCC[C@H](NC(=O)[C@H](CC(C)C)NC(=O)[C@H](Cc1c[nH]cn1)NC(=O)CNC(=O)[C@H](C)NC(=O)[C@H](C)NC(=O)[C@H](Cc1c[nH]c2ccccc12)NC(=O)[C@H](CCC(N)=O)NCCC[C@@H](C)[C@H]1CCC2C3CC[C@@H]4C[C@@H](NC(=O)CNC(=O)CN5CCN(CC(=O)O)CCN(CC(=O)O)CCN(CC(=O)O)CC5)CC[C@]4(C)C3CC[C@@]21C)C(N)=O. The molecule has 37 heteroatoms. The second kappa shape index (κ2) is 46.1. The van der Waals surface area contributed by atoms with Crippen LogP contribution in [0, 0.1) is 52.3 Å². The van der Waals surface area contributed by atoms with Gasteiger partial charge in [0.05, 0.1) is 57.3 Å². The monoisotopic (exact) mass is 1700 g/mol. The third-order valence-electron chi connectivity index (χ3n) is 25.7. The number of nitrogens with zero attached hydrogens (tertiary/aromatic N) is 5. The van der Waals surface area contributed by atoms with Crippen LogP contribution in [0.4, 0.5) is 0 Å². The summed E-state index contributed by atoms with van der Waals surface area (Å²) in [7, 11) is 0. The fraction of sp³-hybridized carbons (Fsp3) is 0.699. The molecule has 3 unspecified atom stereocenters. The number of imidazole rings is 1. The maximum absolute atomic E-state index is 14.6. The molecule has 120 heavy (non-hydrogen) atoms. The molecule has 666 valence electrons. The van der Waals surface area contributed by atoms with Crippen LogP contribution in [0.15, 0.2) is 43.0 Å². The minimum atomic E-state index is -1.29. The number of hydrogen-bond acceptors (Lipinski definition) is 21. The number of fused-ring (bicyclic) bond motifs is 6. The van der Waals surface area contributed by atoms with Crippen LogP contribution in [0.3, 0.4) is 0 Å². The van der Waals surface area contributed by atoms with Gasteiger partial charge in [-0.25, -0.2) is 4.98 Å². The number of rotatable bonds is 44. The van der Waals surface area contributed by atoms with Gasteiger partial charge in [0.15, 0.2) is 0 Å². The van der Waals surface area contributed by atoms with Crippen molar-refractivity contribution in [1.82, 2.24) is 87.7 Å². The summed E-state index contributed by atoms with van der Waals surface area (Å²) >= 11 is 1.47. The molecule has 16 atom stereocenters. The number of hydrogen-bond donors (Lipinski definition) is 17. The van der Waals surface area contributed by atoms with E-state index in [9.17, 15) is 82.4 Å². The standard InChI is InChI=1S/C83H131N19O17S/c1-49(2)36-65(80(118)96-63(75(85)113)23-35-120-8)97-81(119)67(39-56-41-86-48-91-56)95-70(105)43-90-76(114)51(4)92-77(115)52(5)93-79(117)66(37-53-40-88-62-14-10-9-13-57(53)62)98-78(116)64(19-20-68(84)103)87-26-11-12-50(3)59-17-18-60-58-16-15-54-38-55(21-24-82(54,6)61(58)22-25-83(59,60)7)94-69(104)42-89-71(106)44-99-27-29-100(45-72(107)108)31-33-102(47-74(111)112)34-32-101(30-28-99)46-73(109)110/h9-10,13-14,40-41,48-52,54-55,58-61,63-67,87-88H,11-12,15-39,42-47H2,1-8H3,(H2,84,103)(H2,85,113)(H,86,91)(H,89,106)(H,90,114)(H,92,115)(H,93,117)(H,94,104)(H,95,105)(H,96,118)(H,97,119)(H,98,116)(H,107,108)(H,109,110)(H,111,112)/t50-,51+,52+,54-,55+,58?,59-,60?,61?,63+,64+,65+,66+,67+,82+,83-/m1/s1. The highest BCUT2D eigenvalue weighted by molar-refractivity contribution is 7.98. The first-order valence-electron chi connectivity index (χ1n) is 42.5. The summed E-state index contributed by atoms with van der Waals surface area (Å²) < 4.78 is 0. The highest BCUT2D eigenvalue weighted by Crippen LogP contribution is 2.68. The number of aromatic nitrogens is 3. The van der Waals surface area contributed by atoms with Crippen molar-refractivity contribution in [2.75, 3.05) is 110 Å². The number of primary amides is 2. The largest absolute Gasteiger partial charge is 0.480 e. The molecule has 3 aromatic rings. The quantitative estimate of drug-likeness (QED) is 0.0341. The van der Waals surface area contributed by atoms with E-state index < -0.39 is 126 Å². The lowest BCUT2D eigenvalue weighted by Gasteiger charge is -2.61. The summed E-state index contributed by atoms with van der Waals surface area (Å²) in [6, 6.07) is -0.653. The molecule has 3 heterocycles. The first kappa shape index (κ1) is 96.2. The predicted octanol–water partition coefficient (Wildman–Crippen LogP) is 0.401. The Labute approximate surface area is 706 Å². The highest BCUT2D eigenvalue weighted by atomic mass is 32.2. The van der Waals surface area contributed by atoms with Gasteiger partial charge in [-0.2, -0.15) is 11.8 Å². The Morgan fingerprint density at radius 3 is 1.73 bits per heavy atom. The summed E-state index contributed by atoms with van der Waals surface area (Å²) in [5, 5.41) is 57.6. The molecule has 5 fully saturated rings. The van der Waals surface area contributed by atoms with Gasteiger partial charge in [0.25, 0.3) is 0 Å². The van der Waals surface area contributed by atoms with Crippen molar-refractivity contribution >= 4 is 106 Å². The molecule has 0 spiro atoms. The molecule has 36 nitrogen and oxygen atoms in total. The molecule has 1 aliphatic heterocycles. The number of carboxylic acids is 3. The smallest absolute Gasteiger partial charge is 0.317 e. The molecular formula is C83H131N19O17S. The minimum Gasteiger partial charge on any atom is -0.480 e. The molecule has 4 aliphatic carbocycles. The number of carboxylic acid groups (broad SMARTS) is 3. The van der Waals surface area contributed by atoms with Crippen LogP contribution >= 0.6 is 11.8 Å². The average Bonchev–Trinajstić information content (AvgIpc) is 1.50. The van der Waals surface area contributed by atoms with Crippen molar-refractivity contribution in [1.29, 1.82) is 0 Å². The third kappa shape index (κ3) is 28.7. The zero-order chi connectivity index (χ0) is 87.5. The number of carbonyl (C=O) groups is 14. The van der Waals surface area contributed by atoms with Crippen molar-refractivity contribution in [2.24, 2.45) is 63.7 Å². The molecule has 0 radical (unpaired) electrons. The number of amides is 11. The van der Waals surface area contributed by atoms with E-state index in [1.165, 1.54) is 38.1 Å². The number of nitrogens with two attached hydrogens (primary N) is 2. The highest BCUT2D eigenvalue weighted by Gasteiger charge is 2.61. The van der Waals surface area contributed by atoms with Gasteiger partial charge in [-0.05, 0) is 186 Å². The number of benzene rings is 1. The van der Waals surface area contributed by atoms with Crippen LogP contribution in [0.25, 0.3) is 10.9 Å². The molecule has 1 aromatic carbocycles. The van der Waals surface area contributed by atoms with Gasteiger partial charge in [0, 0.05) is 101 Å². The van der Waals surface area contributed by atoms with Crippen molar-refractivity contribution < 1.29 is 82.4 Å². The number of nitrogens with one attached hydrogen (secondary N) is 12. The molecule has 8 rings (SSSR count). The van der Waals surface area contributed by atoms with Crippen LogP contribution in [-0.2, 0) is 80.0 Å². The number of thioether (sulfide) groups is 1. The van der Waals surface area contributed by atoms with Gasteiger partial charge in [-0.15, -0.1) is 0 Å². The van der Waals surface area contributed by atoms with Gasteiger partial charge in [0.2, 0.25) is 65.0 Å². The predicted molar refractivity (Wildman–Crippen MR) is 449 cm³/mol. The Morgan fingerprint density at radius 2 is 1.12 bits per heavy atom. The maximum atomic E-state index is 14.6. The topological polar surface area (TPSA) is 529 Å². The number of carbonyl (C=O) groups excluding carboxylic acids is 11. The Kier molecular flexibility index (Phi) is 36.9. The van der Waals surface area contributed by atoms with Gasteiger partial charge in [0.1, 0.15) is 36.3 Å². The molecule has 0 bridgehead atoms. The molecule has 19 N–H and O–H groups in total. The Hall–Kier alpha value is -9.30. The Bertz CT molecular complexity index is 3970. The van der Waals surface area contributed by atoms with Crippen molar-refractivity contribution in [3.05, 3.63) is 54.2 Å². The molecule has 1 saturated heterocycles. The first-order valence-corrected chi connectivity index (χ1v) is 43.9. The third-order valence-corrected chi connectivity index (χ3v) is 26.4. The van der Waals surface area contributed by atoms with Crippen LogP contribution in [-0.4, -0.2) is 291 Å². The van der Waals surface area contributed by atoms with Gasteiger partial charge in [-0.1, -0.05) is 52.8 Å². The fourth-order valence-corrected chi connectivity index (χ4v) is 19.8. The van der Waals surface area contributed by atoms with Crippen molar-refractivity contribution in [3.63, 3.8) is 0 Å². The second-order valence-electron chi connectivity index (χ2n) is 34.7. The summed E-state index contributed by atoms with van der Waals surface area (Å²) in [6.45, 7) is 14.5. The van der Waals surface area contributed by atoms with E-state index >= 15 is 0 Å². The van der Waals surface area contributed by atoms with Crippen LogP contribution in [0.1, 0.15) is 156 Å². The maximum Gasteiger partial charge on any atom is 0.317 e. The van der Waals surface area contributed by atoms with Gasteiger partial charge < -0.3 is 89.9 Å². The zero-order valence-electron chi connectivity index (χ0n) is 70.9. The van der Waals surface area contributed by atoms with E-state index in [1.807, 2.05) is 49.3 Å². The zero-order valence-corrected chi connectivity index (χ0v) is 71.7. The van der Waals surface area contributed by atoms with Crippen LogP contribution in [0.2, 0.25) is 0 Å². The lowest BCUT2D eigenvalue weighted by molar-refractivity contribution is -0.140. The Balaban J connectivity index is 0.804. The molecule has 11 amide bonds. The minimum absolute atomic E-state index is 0.00638. The molecule has 2 aromatic heterocycles. The fourth-order valence-electron chi connectivity index (χ4n) is 19.3. The number of aliphatic carboxylic acids is 3. The second-order valence-corrected chi connectivity index (χ2v) is 35.7. The van der Waals surface area contributed by atoms with E-state index in [2.05, 4.69) is 88.9 Å². The van der Waals surface area contributed by atoms with Crippen molar-refractivity contribution in [3.8, 4) is 0 Å². The number of aromatic amines is 2. The van der Waals surface area contributed by atoms with E-state index in [0.717, 1.165) is 81.5 Å². The van der Waals surface area contributed by atoms with Gasteiger partial charge >= 0.3 is 17.9 Å². The lowest BCUT2D eigenvalue weighted by Crippen LogP contribution is -2.58. The summed E-state index contributed by atoms with van der Waals surface area (Å²) in [6.07, 6.45) is 17.8. The molecular weight excluding hydrogens is 1570 g/mol. The summed E-state index contributed by atoms with van der Waals surface area (Å²) in [5.74, 6) is -6.68. The van der Waals surface area contributed by atoms with Crippen LogP contribution in [0.5, 0.6) is 0 Å². The van der Waals surface area contributed by atoms with E-state index in [-0.39, 0.29) is 152 Å². The lowest BCUT2D eigenvalue weighted by atomic mass is 9.44. The van der Waals surface area contributed by atoms with E-state index in [0.29, 0.717) is 59.1 Å². The van der Waals surface area contributed by atoms with E-state index in [1.54, 1.807) is 20.9 Å². The summed E-state index contributed by atoms with van der Waals surface area (Å²) in [4.78, 5) is 201. The van der Waals surface area contributed by atoms with Crippen LogP contribution < -0.4 is 64.6 Å².